The molecule has 0 amide bonds. The van der Waals surface area contributed by atoms with E-state index in [-0.39, 0.29) is 17.4 Å². The van der Waals surface area contributed by atoms with Gasteiger partial charge in [0.2, 0.25) is 0 Å². The van der Waals surface area contributed by atoms with Gasteiger partial charge in [-0.3, -0.25) is 0 Å². The largest absolute Gasteiger partial charge is 0.504 e. The second kappa shape index (κ2) is 7.07. The number of phenolic OH excluding ortho intramolecular Hbond substituents is 2. The predicted molar refractivity (Wildman–Crippen MR) is 101 cm³/mol. The molecule has 1 aliphatic rings. The van der Waals surface area contributed by atoms with Crippen molar-refractivity contribution in [3.05, 3.63) is 47.0 Å². The van der Waals surface area contributed by atoms with Gasteiger partial charge in [0, 0.05) is 22.8 Å². The van der Waals surface area contributed by atoms with Gasteiger partial charge in [0.1, 0.15) is 5.71 Å². The normalized spacial score (nSPS) is 16.2. The number of methoxy groups -OCH3 is 2. The fourth-order valence-electron chi connectivity index (χ4n) is 3.27. The van der Waals surface area contributed by atoms with Gasteiger partial charge in [-0.25, -0.2) is 0 Å². The number of fused-ring (bicyclic) bond motifs is 1. The Balaban J connectivity index is 2.26. The summed E-state index contributed by atoms with van der Waals surface area (Å²) in [7, 11) is 3.01. The Morgan fingerprint density at radius 3 is 2.31 bits per heavy atom. The van der Waals surface area contributed by atoms with Crippen LogP contribution in [0.1, 0.15) is 42.9 Å². The minimum absolute atomic E-state index is 0.0436. The lowest BCUT2D eigenvalue weighted by molar-refractivity contribution is 0.373. The molecule has 1 heterocycles. The summed E-state index contributed by atoms with van der Waals surface area (Å²) in [5, 5.41) is 29.0. The molecule has 26 heavy (non-hydrogen) atoms. The molecule has 3 rings (SSSR count). The first kappa shape index (κ1) is 17.8. The van der Waals surface area contributed by atoms with Crippen molar-refractivity contribution in [3.8, 4) is 23.0 Å². The first-order chi connectivity index (χ1) is 12.5. The van der Waals surface area contributed by atoms with Crippen LogP contribution >= 0.6 is 0 Å². The van der Waals surface area contributed by atoms with Crippen LogP contribution in [0.2, 0.25) is 0 Å². The summed E-state index contributed by atoms with van der Waals surface area (Å²) in [5.74, 6) is 0.912. The summed E-state index contributed by atoms with van der Waals surface area (Å²) in [5.41, 5.74) is 4.03. The average molecular weight is 354 g/mol. The van der Waals surface area contributed by atoms with E-state index in [1.165, 1.54) is 14.2 Å². The molecule has 0 spiro atoms. The molecule has 2 N–H and O–H groups in total. The molecule has 0 bridgehead atoms. The molecule has 0 unspecified atom stereocenters. The van der Waals surface area contributed by atoms with E-state index in [1.54, 1.807) is 30.3 Å². The van der Waals surface area contributed by atoms with Crippen LogP contribution in [0.4, 0.5) is 0 Å². The maximum atomic E-state index is 10.3. The zero-order valence-electron chi connectivity index (χ0n) is 15.3. The van der Waals surface area contributed by atoms with Crippen molar-refractivity contribution >= 4 is 11.4 Å². The molecule has 2 aromatic carbocycles. The third-order valence-electron chi connectivity index (χ3n) is 4.65. The van der Waals surface area contributed by atoms with Gasteiger partial charge in [-0.2, -0.15) is 5.10 Å². The molecule has 0 radical (unpaired) electrons. The summed E-state index contributed by atoms with van der Waals surface area (Å²) in [6.45, 7) is 4.01. The van der Waals surface area contributed by atoms with Crippen molar-refractivity contribution in [3.63, 3.8) is 0 Å². The van der Waals surface area contributed by atoms with Crippen molar-refractivity contribution in [1.29, 1.82) is 0 Å². The molecule has 0 saturated heterocycles. The van der Waals surface area contributed by atoms with Gasteiger partial charge in [0.25, 0.3) is 0 Å². The number of hydrogen-bond donors (Lipinski definition) is 2. The topological polar surface area (TPSA) is 83.6 Å². The smallest absolute Gasteiger partial charge is 0.161 e. The number of ether oxygens (including phenoxy) is 2. The Hall–Kier alpha value is -3.02. The molecule has 136 valence electrons. The molecular formula is C20H22N2O4. The van der Waals surface area contributed by atoms with Crippen LogP contribution in [0, 0.1) is 0 Å². The van der Waals surface area contributed by atoms with Gasteiger partial charge in [-0.1, -0.05) is 6.92 Å². The van der Waals surface area contributed by atoms with Crippen molar-refractivity contribution in [1.82, 2.24) is 0 Å². The molecule has 6 nitrogen and oxygen atoms in total. The molecular weight excluding hydrogens is 332 g/mol. The van der Waals surface area contributed by atoms with Gasteiger partial charge in [0.05, 0.1) is 14.2 Å². The third kappa shape index (κ3) is 2.98. The van der Waals surface area contributed by atoms with Crippen LogP contribution in [-0.2, 0) is 0 Å². The van der Waals surface area contributed by atoms with Crippen molar-refractivity contribution in [2.45, 2.75) is 26.2 Å². The number of phenols is 2. The highest BCUT2D eigenvalue weighted by Crippen LogP contribution is 2.38. The lowest BCUT2D eigenvalue weighted by Crippen LogP contribution is -2.12. The van der Waals surface area contributed by atoms with Crippen molar-refractivity contribution < 1.29 is 19.7 Å². The van der Waals surface area contributed by atoms with Crippen molar-refractivity contribution in [2.24, 2.45) is 10.2 Å². The SMILES string of the molecule is CC[C@H]1C(C)=NN=C(c2ccc(O)c(OC)c2)c2cc(OC)c(O)cc21. The molecule has 6 heteroatoms. The summed E-state index contributed by atoms with van der Waals surface area (Å²) < 4.78 is 10.5. The highest BCUT2D eigenvalue weighted by Gasteiger charge is 2.26. The van der Waals surface area contributed by atoms with Crippen LogP contribution in [-0.4, -0.2) is 35.9 Å². The molecule has 1 aliphatic heterocycles. The molecule has 2 aromatic rings. The maximum absolute atomic E-state index is 10.3. The third-order valence-corrected chi connectivity index (χ3v) is 4.65. The fraction of sp³-hybridized carbons (Fsp3) is 0.300. The van der Waals surface area contributed by atoms with E-state index in [0.717, 1.165) is 28.8 Å². The molecule has 1 atom stereocenters. The Bertz CT molecular complexity index is 903. The fourth-order valence-corrected chi connectivity index (χ4v) is 3.27. The minimum Gasteiger partial charge on any atom is -0.504 e. The zero-order valence-corrected chi connectivity index (χ0v) is 15.3. The van der Waals surface area contributed by atoms with Crippen LogP contribution in [0.15, 0.2) is 40.5 Å². The molecule has 0 saturated carbocycles. The minimum atomic E-state index is 0.0436. The molecule has 0 fully saturated rings. The quantitative estimate of drug-likeness (QED) is 0.874. The Kier molecular flexibility index (Phi) is 4.84. The zero-order chi connectivity index (χ0) is 18.8. The number of hydrogen-bond acceptors (Lipinski definition) is 6. The number of nitrogens with zero attached hydrogens (tertiary/aromatic N) is 2. The second-order valence-corrected chi connectivity index (χ2v) is 6.15. The first-order valence-corrected chi connectivity index (χ1v) is 8.40. The summed E-state index contributed by atoms with van der Waals surface area (Å²) >= 11 is 0. The van der Waals surface area contributed by atoms with E-state index in [0.29, 0.717) is 17.2 Å². The van der Waals surface area contributed by atoms with Gasteiger partial charge >= 0.3 is 0 Å². The lowest BCUT2D eigenvalue weighted by atomic mass is 9.85. The van der Waals surface area contributed by atoms with Crippen molar-refractivity contribution in [2.75, 3.05) is 14.2 Å². The summed E-state index contributed by atoms with van der Waals surface area (Å²) in [6, 6.07) is 8.54. The van der Waals surface area contributed by atoms with E-state index >= 15 is 0 Å². The van der Waals surface area contributed by atoms with Gasteiger partial charge in [0.15, 0.2) is 23.0 Å². The van der Waals surface area contributed by atoms with Crippen LogP contribution in [0.25, 0.3) is 0 Å². The standard InChI is InChI=1S/C20H22N2O4/c1-5-13-11(2)21-22-20(12-6-7-16(23)18(8-12)25-3)15-10-19(26-4)17(24)9-14(13)15/h6-10,13,23-24H,5H2,1-4H3/t13-/m0/s1. The first-order valence-electron chi connectivity index (χ1n) is 8.40. The molecule has 0 aromatic heterocycles. The van der Waals surface area contributed by atoms with E-state index in [4.69, 9.17) is 9.47 Å². The van der Waals surface area contributed by atoms with Gasteiger partial charge < -0.3 is 19.7 Å². The van der Waals surface area contributed by atoms with E-state index in [9.17, 15) is 10.2 Å². The van der Waals surface area contributed by atoms with E-state index in [1.807, 2.05) is 6.92 Å². The van der Waals surface area contributed by atoms with Gasteiger partial charge in [-0.15, -0.1) is 5.10 Å². The van der Waals surface area contributed by atoms with E-state index in [2.05, 4.69) is 17.1 Å². The maximum Gasteiger partial charge on any atom is 0.161 e. The number of aromatic hydroxyl groups is 2. The van der Waals surface area contributed by atoms with E-state index < -0.39 is 0 Å². The molecule has 0 aliphatic carbocycles. The highest BCUT2D eigenvalue weighted by atomic mass is 16.5. The number of rotatable bonds is 4. The Morgan fingerprint density at radius 1 is 0.962 bits per heavy atom. The van der Waals surface area contributed by atoms with Crippen LogP contribution < -0.4 is 9.47 Å². The van der Waals surface area contributed by atoms with Crippen LogP contribution in [0.5, 0.6) is 23.0 Å². The van der Waals surface area contributed by atoms with Crippen LogP contribution in [0.3, 0.4) is 0 Å². The highest BCUT2D eigenvalue weighted by molar-refractivity contribution is 6.16. The average Bonchev–Trinajstić information content (AvgIpc) is 2.77. The predicted octanol–water partition coefficient (Wildman–Crippen LogP) is 3.84. The van der Waals surface area contributed by atoms with Gasteiger partial charge in [-0.05, 0) is 49.2 Å². The summed E-state index contributed by atoms with van der Waals surface area (Å²) in [4.78, 5) is 0. The Labute approximate surface area is 152 Å². The monoisotopic (exact) mass is 354 g/mol. The second-order valence-electron chi connectivity index (χ2n) is 6.15. The number of benzene rings is 2. The lowest BCUT2D eigenvalue weighted by Gasteiger charge is -2.19. The summed E-state index contributed by atoms with van der Waals surface area (Å²) in [6.07, 6.45) is 0.829. The Morgan fingerprint density at radius 2 is 1.65 bits per heavy atom.